The molecule has 0 fully saturated rings. The molecule has 10 heteroatoms. The molecule has 0 aliphatic carbocycles. The minimum atomic E-state index is -4.08. The van der Waals surface area contributed by atoms with Gasteiger partial charge in [0.05, 0.1) is 40.6 Å². The molecule has 0 aliphatic rings. The molecule has 178 valence electrons. The van der Waals surface area contributed by atoms with Crippen molar-refractivity contribution in [2.24, 2.45) is 0 Å². The summed E-state index contributed by atoms with van der Waals surface area (Å²) < 4.78 is 37.9. The van der Waals surface area contributed by atoms with Gasteiger partial charge in [-0.2, -0.15) is 0 Å². The Hall–Kier alpha value is -3.56. The predicted molar refractivity (Wildman–Crippen MR) is 130 cm³/mol. The minimum absolute atomic E-state index is 0.0300. The Labute approximate surface area is 203 Å². The first-order valence-corrected chi connectivity index (χ1v) is 12.1. The molecule has 1 amide bonds. The van der Waals surface area contributed by atoms with Gasteiger partial charge in [0.15, 0.2) is 0 Å². The van der Waals surface area contributed by atoms with Crippen LogP contribution in [0.1, 0.15) is 17.3 Å². The number of hydrogen-bond acceptors (Lipinski definition) is 6. The average Bonchev–Trinajstić information content (AvgIpc) is 2.84. The molecule has 0 saturated carbocycles. The number of ether oxygens (including phenoxy) is 2. The highest BCUT2D eigenvalue weighted by Gasteiger charge is 2.27. The molecule has 34 heavy (non-hydrogen) atoms. The number of carbonyl (C=O) groups is 2. The molecule has 3 aromatic rings. The molecule has 8 nitrogen and oxygen atoms in total. The number of methoxy groups -OCH3 is 1. The number of hydrogen-bond donors (Lipinski definition) is 1. The standard InChI is InChI=1S/C24H23ClN2O6S/c1-3-33-24(29)17-12-13-22(21(25)14-17)26-23(28)16-27(18-8-7-9-19(15-18)32-2)34(30,31)20-10-5-4-6-11-20/h4-15H,3,16H2,1-2H3,(H,26,28). The van der Waals surface area contributed by atoms with Crippen LogP contribution in [0.2, 0.25) is 5.02 Å². The van der Waals surface area contributed by atoms with E-state index in [4.69, 9.17) is 21.1 Å². The highest BCUT2D eigenvalue weighted by molar-refractivity contribution is 7.92. The summed E-state index contributed by atoms with van der Waals surface area (Å²) in [6.07, 6.45) is 0. The van der Waals surface area contributed by atoms with Crippen LogP contribution in [0.3, 0.4) is 0 Å². The third kappa shape index (κ3) is 5.86. The summed E-state index contributed by atoms with van der Waals surface area (Å²) in [5.41, 5.74) is 0.707. The lowest BCUT2D eigenvalue weighted by atomic mass is 10.2. The molecule has 0 aliphatic heterocycles. The van der Waals surface area contributed by atoms with E-state index in [9.17, 15) is 18.0 Å². The van der Waals surface area contributed by atoms with Gasteiger partial charge in [-0.3, -0.25) is 9.10 Å². The molecule has 0 heterocycles. The van der Waals surface area contributed by atoms with Gasteiger partial charge < -0.3 is 14.8 Å². The Morgan fingerprint density at radius 3 is 2.38 bits per heavy atom. The van der Waals surface area contributed by atoms with Crippen LogP contribution in [0, 0.1) is 0 Å². The summed E-state index contributed by atoms with van der Waals surface area (Å²) in [6, 6.07) is 18.5. The van der Waals surface area contributed by atoms with E-state index in [0.29, 0.717) is 5.75 Å². The van der Waals surface area contributed by atoms with E-state index in [0.717, 1.165) is 4.31 Å². The second-order valence-electron chi connectivity index (χ2n) is 6.99. The first-order chi connectivity index (χ1) is 16.3. The van der Waals surface area contributed by atoms with Crippen molar-refractivity contribution < 1.29 is 27.5 Å². The number of nitrogens with one attached hydrogen (secondary N) is 1. The number of halogens is 1. The highest BCUT2D eigenvalue weighted by atomic mass is 35.5. The van der Waals surface area contributed by atoms with Gasteiger partial charge in [-0.1, -0.05) is 35.9 Å². The first kappa shape index (κ1) is 25.1. The van der Waals surface area contributed by atoms with E-state index < -0.39 is 28.4 Å². The van der Waals surface area contributed by atoms with E-state index >= 15 is 0 Å². The number of carbonyl (C=O) groups excluding carboxylic acids is 2. The molecule has 0 saturated heterocycles. The Bertz CT molecular complexity index is 1280. The maximum atomic E-state index is 13.4. The summed E-state index contributed by atoms with van der Waals surface area (Å²) >= 11 is 6.23. The molecule has 0 unspecified atom stereocenters. The molecule has 3 rings (SSSR count). The van der Waals surface area contributed by atoms with Crippen molar-refractivity contribution in [2.75, 3.05) is 29.9 Å². The van der Waals surface area contributed by atoms with Gasteiger partial charge in [0.25, 0.3) is 10.0 Å². The SMILES string of the molecule is CCOC(=O)c1ccc(NC(=O)CN(c2cccc(OC)c2)S(=O)(=O)c2ccccc2)c(Cl)c1. The quantitative estimate of drug-likeness (QED) is 0.436. The van der Waals surface area contributed by atoms with Crippen molar-refractivity contribution >= 4 is 44.9 Å². The van der Waals surface area contributed by atoms with Gasteiger partial charge in [-0.05, 0) is 49.4 Å². The molecule has 0 aromatic heterocycles. The monoisotopic (exact) mass is 502 g/mol. The number of amides is 1. The van der Waals surface area contributed by atoms with Crippen LogP contribution < -0.4 is 14.4 Å². The van der Waals surface area contributed by atoms with Crippen molar-refractivity contribution in [3.8, 4) is 5.75 Å². The summed E-state index contributed by atoms with van der Waals surface area (Å²) in [6.45, 7) is 1.37. The van der Waals surface area contributed by atoms with Gasteiger partial charge in [-0.25, -0.2) is 13.2 Å². The van der Waals surface area contributed by atoms with Crippen LogP contribution in [0.5, 0.6) is 5.75 Å². The molecule has 0 spiro atoms. The molecule has 0 atom stereocenters. The molecular weight excluding hydrogens is 480 g/mol. The summed E-state index contributed by atoms with van der Waals surface area (Å²) in [5.74, 6) is -0.739. The van der Waals surface area contributed by atoms with Crippen molar-refractivity contribution in [3.05, 3.63) is 83.4 Å². The largest absolute Gasteiger partial charge is 0.497 e. The smallest absolute Gasteiger partial charge is 0.338 e. The third-order valence-corrected chi connectivity index (χ3v) is 6.81. The molecule has 0 radical (unpaired) electrons. The summed E-state index contributed by atoms with van der Waals surface area (Å²) in [7, 11) is -2.62. The molecule has 1 N–H and O–H groups in total. The molecule has 3 aromatic carbocycles. The Morgan fingerprint density at radius 1 is 1.00 bits per heavy atom. The number of anilines is 2. The van der Waals surface area contributed by atoms with Crippen LogP contribution >= 0.6 is 11.6 Å². The lowest BCUT2D eigenvalue weighted by molar-refractivity contribution is -0.114. The zero-order chi connectivity index (χ0) is 24.7. The van der Waals surface area contributed by atoms with Crippen molar-refractivity contribution in [3.63, 3.8) is 0 Å². The van der Waals surface area contributed by atoms with Gasteiger partial charge in [-0.15, -0.1) is 0 Å². The fourth-order valence-electron chi connectivity index (χ4n) is 3.08. The Kier molecular flexibility index (Phi) is 8.14. The zero-order valence-corrected chi connectivity index (χ0v) is 20.1. The minimum Gasteiger partial charge on any atom is -0.497 e. The third-order valence-electron chi connectivity index (χ3n) is 4.71. The zero-order valence-electron chi connectivity index (χ0n) is 18.5. The number of esters is 1. The van der Waals surface area contributed by atoms with Crippen molar-refractivity contribution in [2.45, 2.75) is 11.8 Å². The number of sulfonamides is 1. The summed E-state index contributed by atoms with van der Waals surface area (Å²) in [4.78, 5) is 24.8. The van der Waals surface area contributed by atoms with Gasteiger partial charge in [0, 0.05) is 6.07 Å². The fraction of sp³-hybridized carbons (Fsp3) is 0.167. The van der Waals surface area contributed by atoms with Crippen LogP contribution in [-0.4, -0.2) is 40.6 Å². The second kappa shape index (κ2) is 11.0. The van der Waals surface area contributed by atoms with E-state index in [1.54, 1.807) is 43.3 Å². The van der Waals surface area contributed by atoms with Crippen molar-refractivity contribution in [1.82, 2.24) is 0 Å². The second-order valence-corrected chi connectivity index (χ2v) is 9.26. The van der Waals surface area contributed by atoms with E-state index in [1.165, 1.54) is 43.5 Å². The van der Waals surface area contributed by atoms with Gasteiger partial charge in [0.1, 0.15) is 12.3 Å². The van der Waals surface area contributed by atoms with Crippen molar-refractivity contribution in [1.29, 1.82) is 0 Å². The van der Waals surface area contributed by atoms with Crippen LogP contribution in [0.4, 0.5) is 11.4 Å². The van der Waals surface area contributed by atoms with Gasteiger partial charge >= 0.3 is 5.97 Å². The molecule has 0 bridgehead atoms. The number of rotatable bonds is 9. The fourth-order valence-corrected chi connectivity index (χ4v) is 4.74. The van der Waals surface area contributed by atoms with E-state index in [1.807, 2.05) is 0 Å². The number of nitrogens with zero attached hydrogens (tertiary/aromatic N) is 1. The Balaban J connectivity index is 1.89. The number of benzene rings is 3. The van der Waals surface area contributed by atoms with Crippen LogP contribution in [-0.2, 0) is 19.6 Å². The summed E-state index contributed by atoms with van der Waals surface area (Å²) in [5, 5.41) is 2.71. The molecular formula is C24H23ClN2O6S. The van der Waals surface area contributed by atoms with Crippen LogP contribution in [0.25, 0.3) is 0 Å². The normalized spacial score (nSPS) is 10.9. The predicted octanol–water partition coefficient (Wildman–Crippen LogP) is 4.36. The maximum absolute atomic E-state index is 13.4. The topological polar surface area (TPSA) is 102 Å². The highest BCUT2D eigenvalue weighted by Crippen LogP contribution is 2.28. The lowest BCUT2D eigenvalue weighted by Crippen LogP contribution is -2.38. The van der Waals surface area contributed by atoms with E-state index in [-0.39, 0.29) is 33.5 Å². The first-order valence-electron chi connectivity index (χ1n) is 10.2. The maximum Gasteiger partial charge on any atom is 0.338 e. The van der Waals surface area contributed by atoms with Crippen LogP contribution in [0.15, 0.2) is 77.7 Å². The lowest BCUT2D eigenvalue weighted by Gasteiger charge is -2.24. The van der Waals surface area contributed by atoms with Gasteiger partial charge in [0.2, 0.25) is 5.91 Å². The average molecular weight is 503 g/mol. The Morgan fingerprint density at radius 2 is 1.74 bits per heavy atom. The van der Waals surface area contributed by atoms with E-state index in [2.05, 4.69) is 5.32 Å².